The third-order valence-electron chi connectivity index (χ3n) is 6.10. The smallest absolute Gasteiger partial charge is 0.410 e. The highest BCUT2D eigenvalue weighted by molar-refractivity contribution is 5.71. The summed E-state index contributed by atoms with van der Waals surface area (Å²) in [6.45, 7) is 7.15. The van der Waals surface area contributed by atoms with Crippen LogP contribution in [0.3, 0.4) is 0 Å². The molecular weight excluding hydrogens is 426 g/mol. The molecule has 1 aliphatic heterocycles. The van der Waals surface area contributed by atoms with Crippen LogP contribution in [0.15, 0.2) is 78.9 Å². The lowest BCUT2D eigenvalue weighted by molar-refractivity contribution is -0.00319. The lowest BCUT2D eigenvalue weighted by atomic mass is 9.68. The van der Waals surface area contributed by atoms with Crippen LogP contribution >= 0.6 is 0 Å². The number of hydrogen-bond donors (Lipinski definition) is 1. The van der Waals surface area contributed by atoms with Gasteiger partial charge >= 0.3 is 6.09 Å². The lowest BCUT2D eigenvalue weighted by Crippen LogP contribution is -2.62. The quantitative estimate of drug-likeness (QED) is 0.518. The number of aliphatic hydroxyl groups excluding tert-OH is 1. The monoisotopic (exact) mass is 459 g/mol. The van der Waals surface area contributed by atoms with E-state index in [1.165, 1.54) is 0 Å². The molecule has 1 fully saturated rings. The van der Waals surface area contributed by atoms with Gasteiger partial charge in [-0.1, -0.05) is 72.8 Å². The van der Waals surface area contributed by atoms with E-state index in [1.54, 1.807) is 4.90 Å². The van der Waals surface area contributed by atoms with E-state index in [0.717, 1.165) is 28.0 Å². The Morgan fingerprint density at radius 2 is 1.59 bits per heavy atom. The zero-order valence-corrected chi connectivity index (χ0v) is 20.2. The molecule has 0 aliphatic carbocycles. The van der Waals surface area contributed by atoms with Gasteiger partial charge in [0.1, 0.15) is 18.0 Å². The van der Waals surface area contributed by atoms with E-state index in [9.17, 15) is 9.90 Å². The second-order valence-corrected chi connectivity index (χ2v) is 9.86. The first-order valence-electron chi connectivity index (χ1n) is 11.8. The third kappa shape index (κ3) is 5.26. The molecule has 1 aliphatic rings. The predicted molar refractivity (Wildman–Crippen MR) is 133 cm³/mol. The van der Waals surface area contributed by atoms with Crippen LogP contribution in [0.25, 0.3) is 0 Å². The van der Waals surface area contributed by atoms with Crippen molar-refractivity contribution in [1.29, 1.82) is 0 Å². The first-order valence-corrected chi connectivity index (χ1v) is 11.8. The minimum atomic E-state index is -0.549. The van der Waals surface area contributed by atoms with E-state index in [2.05, 4.69) is 18.2 Å². The Morgan fingerprint density at radius 1 is 0.941 bits per heavy atom. The van der Waals surface area contributed by atoms with Gasteiger partial charge in [0.05, 0.1) is 5.41 Å². The number of hydrogen-bond acceptors (Lipinski definition) is 4. The van der Waals surface area contributed by atoms with Crippen molar-refractivity contribution in [3.8, 4) is 5.75 Å². The third-order valence-corrected chi connectivity index (χ3v) is 6.10. The van der Waals surface area contributed by atoms with Crippen LogP contribution in [-0.4, -0.2) is 41.4 Å². The fraction of sp³-hybridized carbons (Fsp3) is 0.345. The van der Waals surface area contributed by atoms with Crippen LogP contribution in [0.1, 0.15) is 43.0 Å². The van der Waals surface area contributed by atoms with E-state index in [4.69, 9.17) is 9.47 Å². The maximum Gasteiger partial charge on any atom is 0.410 e. The van der Waals surface area contributed by atoms with Gasteiger partial charge in [-0.15, -0.1) is 0 Å². The van der Waals surface area contributed by atoms with Crippen LogP contribution in [0, 0.1) is 0 Å². The Labute approximate surface area is 201 Å². The van der Waals surface area contributed by atoms with Crippen molar-refractivity contribution in [3.05, 3.63) is 101 Å². The van der Waals surface area contributed by atoms with Gasteiger partial charge in [0.15, 0.2) is 0 Å². The Bertz CT molecular complexity index is 1100. The number of carbonyl (C=O) groups excluding carboxylic acids is 1. The fourth-order valence-electron chi connectivity index (χ4n) is 4.42. The van der Waals surface area contributed by atoms with E-state index in [-0.39, 0.29) is 12.7 Å². The van der Waals surface area contributed by atoms with E-state index < -0.39 is 11.0 Å². The van der Waals surface area contributed by atoms with Gasteiger partial charge in [0.25, 0.3) is 0 Å². The molecule has 0 aromatic heterocycles. The highest BCUT2D eigenvalue weighted by Gasteiger charge is 2.50. The Hall–Kier alpha value is -3.31. The number of likely N-dealkylation sites (tertiary alicyclic amines) is 1. The number of benzene rings is 3. The number of rotatable bonds is 7. The summed E-state index contributed by atoms with van der Waals surface area (Å²) in [6.07, 6.45) is 0.254. The van der Waals surface area contributed by atoms with Crippen molar-refractivity contribution < 1.29 is 19.4 Å². The molecule has 0 bridgehead atoms. The molecule has 1 N–H and O–H groups in total. The van der Waals surface area contributed by atoms with E-state index in [1.807, 2.05) is 81.4 Å². The normalized spacial score (nSPS) is 14.9. The molecule has 4 rings (SSSR count). The molecular formula is C29H33NO4. The molecule has 0 spiro atoms. The summed E-state index contributed by atoms with van der Waals surface area (Å²) in [5, 5.41) is 9.55. The van der Waals surface area contributed by atoms with Gasteiger partial charge < -0.3 is 19.5 Å². The molecule has 5 heteroatoms. The molecule has 5 nitrogen and oxygen atoms in total. The fourth-order valence-corrected chi connectivity index (χ4v) is 4.42. The van der Waals surface area contributed by atoms with Gasteiger partial charge in [-0.05, 0) is 49.9 Å². The van der Waals surface area contributed by atoms with Gasteiger partial charge in [0.2, 0.25) is 0 Å². The Balaban J connectivity index is 1.70. The van der Waals surface area contributed by atoms with Crippen molar-refractivity contribution >= 4 is 6.09 Å². The molecule has 0 saturated carbocycles. The second kappa shape index (κ2) is 9.90. The summed E-state index contributed by atoms with van der Waals surface area (Å²) in [5.74, 6) is 0.790. The topological polar surface area (TPSA) is 59.0 Å². The zero-order valence-electron chi connectivity index (χ0n) is 20.2. The number of nitrogens with zero attached hydrogens (tertiary/aromatic N) is 1. The van der Waals surface area contributed by atoms with Crippen LogP contribution in [-0.2, 0) is 23.2 Å². The van der Waals surface area contributed by atoms with Crippen LogP contribution < -0.4 is 4.74 Å². The molecule has 0 radical (unpaired) electrons. The minimum Gasteiger partial charge on any atom is -0.489 e. The number of ether oxygens (including phenoxy) is 2. The Morgan fingerprint density at radius 3 is 2.21 bits per heavy atom. The maximum atomic E-state index is 12.8. The molecule has 0 unspecified atom stereocenters. The molecule has 3 aromatic rings. The SMILES string of the molecule is CC(C)(C)OC(=O)N1CC(c2ccccc2)(c2cc(CCO)ccc2OCc2ccccc2)C1. The van der Waals surface area contributed by atoms with Crippen molar-refractivity contribution in [3.63, 3.8) is 0 Å². The second-order valence-electron chi connectivity index (χ2n) is 9.86. The highest BCUT2D eigenvalue weighted by Crippen LogP contribution is 2.45. The summed E-state index contributed by atoms with van der Waals surface area (Å²) < 4.78 is 12.0. The van der Waals surface area contributed by atoms with Gasteiger partial charge in [-0.3, -0.25) is 0 Å². The summed E-state index contributed by atoms with van der Waals surface area (Å²) in [5.41, 5.74) is 3.31. The largest absolute Gasteiger partial charge is 0.489 e. The van der Waals surface area contributed by atoms with Gasteiger partial charge in [-0.25, -0.2) is 4.79 Å². The molecule has 1 saturated heterocycles. The standard InChI is InChI=1S/C29H33NO4/c1-28(2,3)34-27(32)30-20-29(21-30,24-12-8-5-9-13-24)25-18-22(16-17-31)14-15-26(25)33-19-23-10-6-4-7-11-23/h4-15,18,31H,16-17,19-21H2,1-3H3. The molecule has 0 atom stereocenters. The zero-order chi connectivity index (χ0) is 24.2. The molecule has 1 amide bonds. The predicted octanol–water partition coefficient (Wildman–Crippen LogP) is 5.34. The molecule has 1 heterocycles. The van der Waals surface area contributed by atoms with Crippen molar-refractivity contribution in [2.24, 2.45) is 0 Å². The highest BCUT2D eigenvalue weighted by atomic mass is 16.6. The summed E-state index contributed by atoms with van der Waals surface area (Å²) in [4.78, 5) is 14.5. The summed E-state index contributed by atoms with van der Waals surface area (Å²) in [6, 6.07) is 26.4. The van der Waals surface area contributed by atoms with E-state index in [0.29, 0.717) is 26.1 Å². The van der Waals surface area contributed by atoms with Crippen molar-refractivity contribution in [2.45, 2.75) is 44.8 Å². The van der Waals surface area contributed by atoms with E-state index >= 15 is 0 Å². The molecule has 3 aromatic carbocycles. The molecule has 178 valence electrons. The lowest BCUT2D eigenvalue weighted by Gasteiger charge is -2.51. The molecule has 34 heavy (non-hydrogen) atoms. The number of carbonyl (C=O) groups is 1. The van der Waals surface area contributed by atoms with Crippen molar-refractivity contribution in [1.82, 2.24) is 4.90 Å². The average molecular weight is 460 g/mol. The maximum absolute atomic E-state index is 12.8. The van der Waals surface area contributed by atoms with Crippen LogP contribution in [0.2, 0.25) is 0 Å². The average Bonchev–Trinajstić information content (AvgIpc) is 2.78. The number of amides is 1. The summed E-state index contributed by atoms with van der Waals surface area (Å²) >= 11 is 0. The first kappa shape index (κ1) is 23.8. The van der Waals surface area contributed by atoms with Gasteiger partial charge in [-0.2, -0.15) is 0 Å². The minimum absolute atomic E-state index is 0.0754. The van der Waals surface area contributed by atoms with Crippen LogP contribution in [0.4, 0.5) is 4.79 Å². The summed E-state index contributed by atoms with van der Waals surface area (Å²) in [7, 11) is 0. The van der Waals surface area contributed by atoms with Gasteiger partial charge in [0, 0.05) is 25.3 Å². The number of aliphatic hydroxyl groups is 1. The first-order chi connectivity index (χ1) is 16.3. The van der Waals surface area contributed by atoms with Crippen LogP contribution in [0.5, 0.6) is 5.75 Å². The Kier molecular flexibility index (Phi) is 6.94. The van der Waals surface area contributed by atoms with Crippen molar-refractivity contribution in [2.75, 3.05) is 19.7 Å².